The first-order chi connectivity index (χ1) is 17.5. The second-order valence-electron chi connectivity index (χ2n) is 11.1. The van der Waals surface area contributed by atoms with Crippen molar-refractivity contribution in [1.29, 1.82) is 0 Å². The first-order valence-corrected chi connectivity index (χ1v) is 15.2. The van der Waals surface area contributed by atoms with Crippen molar-refractivity contribution >= 4 is 15.9 Å². The van der Waals surface area contributed by atoms with Crippen LogP contribution in [0.4, 0.5) is 4.79 Å². The molecular formula is C28H43N3O5S. The average molecular weight is 534 g/mol. The van der Waals surface area contributed by atoms with Crippen LogP contribution in [0.2, 0.25) is 0 Å². The first kappa shape index (κ1) is 29.1. The van der Waals surface area contributed by atoms with E-state index < -0.39 is 20.7 Å². The first-order valence-electron chi connectivity index (χ1n) is 13.6. The summed E-state index contributed by atoms with van der Waals surface area (Å²) in [5.74, 6) is 1.10. The van der Waals surface area contributed by atoms with Crippen LogP contribution in [0.15, 0.2) is 33.7 Å². The van der Waals surface area contributed by atoms with Crippen LogP contribution in [0, 0.1) is 0 Å². The standard InChI is InChI=1S/C28H43N3O5S/c1-6-7-8-9-10-11-12-25-29-26(30-36-25)21-13-17-23(18-14-21)37(33,34)24-19-15-22(16-20-24)31(5)27(32)35-28(2,3)4/h13-14,17-18,22,24H,6-12,15-16,19-20H2,1-5H3. The molecule has 2 aromatic rings. The summed E-state index contributed by atoms with van der Waals surface area (Å²) in [6.45, 7) is 7.71. The molecule has 0 aliphatic heterocycles. The van der Waals surface area contributed by atoms with Crippen molar-refractivity contribution in [2.45, 2.75) is 120 Å². The van der Waals surface area contributed by atoms with E-state index in [1.807, 2.05) is 20.8 Å². The van der Waals surface area contributed by atoms with E-state index in [9.17, 15) is 13.2 Å². The van der Waals surface area contributed by atoms with Gasteiger partial charge in [0.1, 0.15) is 5.60 Å². The summed E-state index contributed by atoms with van der Waals surface area (Å²) < 4.78 is 37.4. The van der Waals surface area contributed by atoms with Gasteiger partial charge in [0.15, 0.2) is 9.84 Å². The highest BCUT2D eigenvalue weighted by molar-refractivity contribution is 7.92. The van der Waals surface area contributed by atoms with Gasteiger partial charge < -0.3 is 14.2 Å². The van der Waals surface area contributed by atoms with Crippen molar-refractivity contribution in [3.05, 3.63) is 30.2 Å². The lowest BCUT2D eigenvalue weighted by Crippen LogP contribution is -2.43. The number of rotatable bonds is 11. The highest BCUT2D eigenvalue weighted by atomic mass is 32.2. The van der Waals surface area contributed by atoms with Gasteiger partial charge in [-0.15, -0.1) is 0 Å². The predicted molar refractivity (Wildman–Crippen MR) is 144 cm³/mol. The van der Waals surface area contributed by atoms with Crippen LogP contribution >= 0.6 is 0 Å². The van der Waals surface area contributed by atoms with Gasteiger partial charge in [0.05, 0.1) is 10.1 Å². The number of nitrogens with zero attached hydrogens (tertiary/aromatic N) is 3. The van der Waals surface area contributed by atoms with Crippen molar-refractivity contribution < 1.29 is 22.5 Å². The summed E-state index contributed by atoms with van der Waals surface area (Å²) in [6.07, 6.45) is 9.86. The van der Waals surface area contributed by atoms with E-state index in [0.717, 1.165) is 24.8 Å². The fraction of sp³-hybridized carbons (Fsp3) is 0.679. The fourth-order valence-corrected chi connectivity index (χ4v) is 6.54. The monoisotopic (exact) mass is 533 g/mol. The largest absolute Gasteiger partial charge is 0.444 e. The minimum Gasteiger partial charge on any atom is -0.444 e. The normalized spacial score (nSPS) is 18.5. The fourth-order valence-electron chi connectivity index (χ4n) is 4.74. The molecule has 0 unspecified atom stereocenters. The van der Waals surface area contributed by atoms with Gasteiger partial charge in [-0.3, -0.25) is 0 Å². The molecule has 1 aromatic heterocycles. The third-order valence-corrected chi connectivity index (χ3v) is 9.24. The lowest BCUT2D eigenvalue weighted by Gasteiger charge is -2.35. The maximum Gasteiger partial charge on any atom is 0.410 e. The zero-order valence-corrected chi connectivity index (χ0v) is 23.8. The van der Waals surface area contributed by atoms with Crippen LogP contribution in [0.25, 0.3) is 11.4 Å². The molecule has 1 fully saturated rings. The molecule has 1 aliphatic rings. The molecule has 0 bridgehead atoms. The van der Waals surface area contributed by atoms with Crippen molar-refractivity contribution in [2.75, 3.05) is 7.05 Å². The zero-order valence-electron chi connectivity index (χ0n) is 23.0. The van der Waals surface area contributed by atoms with Crippen LogP contribution in [-0.2, 0) is 21.0 Å². The highest BCUT2D eigenvalue weighted by Crippen LogP contribution is 2.32. The molecule has 3 rings (SSSR count). The van der Waals surface area contributed by atoms with Crippen molar-refractivity contribution in [3.8, 4) is 11.4 Å². The molecule has 1 aromatic carbocycles. The van der Waals surface area contributed by atoms with Crippen LogP contribution in [0.5, 0.6) is 0 Å². The van der Waals surface area contributed by atoms with Crippen molar-refractivity contribution in [3.63, 3.8) is 0 Å². The van der Waals surface area contributed by atoms with Crippen LogP contribution < -0.4 is 0 Å². The van der Waals surface area contributed by atoms with E-state index in [-0.39, 0.29) is 12.1 Å². The Labute approximate surface area is 222 Å². The van der Waals surface area contributed by atoms with E-state index >= 15 is 0 Å². The van der Waals surface area contributed by atoms with Crippen LogP contribution in [0.1, 0.15) is 97.8 Å². The molecule has 0 saturated heterocycles. The number of benzene rings is 1. The summed E-state index contributed by atoms with van der Waals surface area (Å²) >= 11 is 0. The number of hydrogen-bond donors (Lipinski definition) is 0. The molecule has 206 valence electrons. The van der Waals surface area contributed by atoms with Gasteiger partial charge in [0, 0.05) is 25.1 Å². The molecule has 1 saturated carbocycles. The van der Waals surface area contributed by atoms with E-state index in [2.05, 4.69) is 17.1 Å². The number of amides is 1. The molecule has 9 heteroatoms. The molecule has 0 spiro atoms. The van der Waals surface area contributed by atoms with Crippen LogP contribution in [-0.4, -0.2) is 53.5 Å². The quantitative estimate of drug-likeness (QED) is 0.300. The molecule has 1 heterocycles. The molecule has 0 N–H and O–H groups in total. The number of aromatic nitrogens is 2. The Bertz CT molecular complexity index is 1100. The lowest BCUT2D eigenvalue weighted by atomic mass is 9.94. The van der Waals surface area contributed by atoms with Crippen molar-refractivity contribution in [2.24, 2.45) is 0 Å². The second-order valence-corrected chi connectivity index (χ2v) is 13.3. The lowest BCUT2D eigenvalue weighted by molar-refractivity contribution is 0.0190. The molecular weight excluding hydrogens is 490 g/mol. The number of ether oxygens (including phenoxy) is 1. The summed E-state index contributed by atoms with van der Waals surface area (Å²) in [5.41, 5.74) is 0.175. The number of aryl methyl sites for hydroxylation is 1. The Kier molecular flexibility index (Phi) is 10.2. The Morgan fingerprint density at radius 2 is 1.65 bits per heavy atom. The Balaban J connectivity index is 1.53. The minimum absolute atomic E-state index is 0.0209. The molecule has 8 nitrogen and oxygen atoms in total. The predicted octanol–water partition coefficient (Wildman–Crippen LogP) is 6.59. The Hall–Kier alpha value is -2.42. The van der Waals surface area contributed by atoms with Crippen molar-refractivity contribution in [1.82, 2.24) is 15.0 Å². The zero-order chi connectivity index (χ0) is 27.1. The highest BCUT2D eigenvalue weighted by Gasteiger charge is 2.35. The summed E-state index contributed by atoms with van der Waals surface area (Å²) in [4.78, 5) is 18.8. The van der Waals surface area contributed by atoms with E-state index in [1.54, 1.807) is 36.2 Å². The van der Waals surface area contributed by atoms with E-state index in [4.69, 9.17) is 9.26 Å². The number of carbonyl (C=O) groups is 1. The van der Waals surface area contributed by atoms with E-state index in [0.29, 0.717) is 42.3 Å². The number of carbonyl (C=O) groups excluding carboxylic acids is 1. The van der Waals surface area contributed by atoms with Gasteiger partial charge in [-0.2, -0.15) is 4.98 Å². The summed E-state index contributed by atoms with van der Waals surface area (Å²) in [6, 6.07) is 6.73. The summed E-state index contributed by atoms with van der Waals surface area (Å²) in [5, 5.41) is 3.62. The van der Waals surface area contributed by atoms with E-state index in [1.165, 1.54) is 25.7 Å². The van der Waals surface area contributed by atoms with Gasteiger partial charge in [0.25, 0.3) is 0 Å². The summed E-state index contributed by atoms with van der Waals surface area (Å²) in [7, 11) is -1.75. The minimum atomic E-state index is -3.47. The SMILES string of the molecule is CCCCCCCCc1nc(-c2ccc(S(=O)(=O)C3CCC(N(C)C(=O)OC(C)(C)C)CC3)cc2)no1. The molecule has 37 heavy (non-hydrogen) atoms. The molecule has 0 radical (unpaired) electrons. The molecule has 1 aliphatic carbocycles. The maximum atomic E-state index is 13.3. The van der Waals surface area contributed by atoms with Crippen LogP contribution in [0.3, 0.4) is 0 Å². The number of sulfone groups is 1. The third-order valence-electron chi connectivity index (χ3n) is 6.97. The smallest absolute Gasteiger partial charge is 0.410 e. The number of unbranched alkanes of at least 4 members (excludes halogenated alkanes) is 5. The van der Waals surface area contributed by atoms with Gasteiger partial charge in [0.2, 0.25) is 11.7 Å². The Morgan fingerprint density at radius 3 is 2.27 bits per heavy atom. The van der Waals surface area contributed by atoms with Gasteiger partial charge in [-0.25, -0.2) is 13.2 Å². The number of hydrogen-bond acceptors (Lipinski definition) is 7. The maximum absolute atomic E-state index is 13.3. The van der Waals surface area contributed by atoms with Gasteiger partial charge >= 0.3 is 6.09 Å². The molecule has 1 amide bonds. The molecule has 0 atom stereocenters. The second kappa shape index (κ2) is 12.9. The van der Waals surface area contributed by atoms with Gasteiger partial charge in [-0.1, -0.05) is 44.2 Å². The average Bonchev–Trinajstić information content (AvgIpc) is 3.34. The topological polar surface area (TPSA) is 103 Å². The van der Waals surface area contributed by atoms with Gasteiger partial charge in [-0.05, 0) is 77.1 Å². The third kappa shape index (κ3) is 8.28. The Morgan fingerprint density at radius 1 is 1.03 bits per heavy atom.